The van der Waals surface area contributed by atoms with E-state index >= 15 is 0 Å². The summed E-state index contributed by atoms with van der Waals surface area (Å²) < 4.78 is 0. The lowest BCUT2D eigenvalue weighted by atomic mass is 9.96. The first-order valence-corrected chi connectivity index (χ1v) is 6.49. The molecule has 0 amide bonds. The summed E-state index contributed by atoms with van der Waals surface area (Å²) in [6.07, 6.45) is 4.75. The molecule has 0 spiro atoms. The number of rotatable bonds is 1. The average molecular weight is 231 g/mol. The quantitative estimate of drug-likeness (QED) is 0.704. The second-order valence-corrected chi connectivity index (χ2v) is 5.39. The molecule has 1 aliphatic rings. The number of carbonyl (C=O) groups excluding carboxylic acids is 1. The van der Waals surface area contributed by atoms with E-state index in [-0.39, 0.29) is 5.78 Å². The van der Waals surface area contributed by atoms with Gasteiger partial charge in [-0.25, -0.2) is 4.98 Å². The summed E-state index contributed by atoms with van der Waals surface area (Å²) in [7, 11) is 0. The lowest BCUT2D eigenvalue weighted by molar-refractivity contribution is 0.102. The van der Waals surface area contributed by atoms with Gasteiger partial charge in [-0.1, -0.05) is 0 Å². The highest BCUT2D eigenvalue weighted by Crippen LogP contribution is 2.29. The molecule has 0 N–H and O–H groups in total. The van der Waals surface area contributed by atoms with E-state index in [4.69, 9.17) is 0 Å². The van der Waals surface area contributed by atoms with Crippen LogP contribution in [0.5, 0.6) is 0 Å². The van der Waals surface area contributed by atoms with Gasteiger partial charge in [-0.15, -0.1) is 11.3 Å². The van der Waals surface area contributed by atoms with Crippen molar-refractivity contribution in [1.29, 1.82) is 0 Å². The lowest BCUT2D eigenvalue weighted by Gasteiger charge is -2.13. The summed E-state index contributed by atoms with van der Waals surface area (Å²) in [6, 6.07) is 4.20. The lowest BCUT2D eigenvalue weighted by Crippen LogP contribution is -2.04. The van der Waals surface area contributed by atoms with Crippen molar-refractivity contribution in [3.05, 3.63) is 28.3 Å². The predicted molar refractivity (Wildman–Crippen MR) is 66.3 cm³/mol. The number of aryl methyl sites for hydroxylation is 2. The van der Waals surface area contributed by atoms with E-state index in [1.165, 1.54) is 35.4 Å². The van der Waals surface area contributed by atoms with E-state index in [9.17, 15) is 4.79 Å². The van der Waals surface area contributed by atoms with E-state index < -0.39 is 0 Å². The summed E-state index contributed by atoms with van der Waals surface area (Å²) in [4.78, 5) is 17.8. The fourth-order valence-corrected chi connectivity index (χ4v) is 3.20. The zero-order chi connectivity index (χ0) is 11.1. The summed E-state index contributed by atoms with van der Waals surface area (Å²) in [5.74, 6) is 0.140. The molecule has 0 fully saturated rings. The van der Waals surface area contributed by atoms with E-state index in [1.54, 1.807) is 6.92 Å². The number of pyridine rings is 1. The number of ketones is 1. The Kier molecular flexibility index (Phi) is 2.28. The zero-order valence-corrected chi connectivity index (χ0v) is 10.1. The van der Waals surface area contributed by atoms with E-state index in [1.807, 2.05) is 6.07 Å². The summed E-state index contributed by atoms with van der Waals surface area (Å²) in [5, 5.41) is 1.14. The van der Waals surface area contributed by atoms with Crippen molar-refractivity contribution in [3.63, 3.8) is 0 Å². The standard InChI is InChI=1S/C13H13NOS/c1-8(15)12-7-10-6-9-4-2-3-5-11(9)14-13(10)16-12/h6-7H,2-5H2,1H3. The Hall–Kier alpha value is -1.22. The second kappa shape index (κ2) is 3.67. The Morgan fingerprint density at radius 2 is 2.12 bits per heavy atom. The fraction of sp³-hybridized carbons (Fsp3) is 0.385. The number of nitrogens with zero attached hydrogens (tertiary/aromatic N) is 1. The summed E-state index contributed by atoms with van der Waals surface area (Å²) >= 11 is 1.52. The molecule has 0 unspecified atom stereocenters. The van der Waals surface area contributed by atoms with Gasteiger partial charge in [0.15, 0.2) is 5.78 Å². The van der Waals surface area contributed by atoms with Crippen molar-refractivity contribution in [2.45, 2.75) is 32.6 Å². The molecule has 0 radical (unpaired) electrons. The number of fused-ring (bicyclic) bond motifs is 2. The maximum absolute atomic E-state index is 11.3. The van der Waals surface area contributed by atoms with Gasteiger partial charge in [-0.2, -0.15) is 0 Å². The van der Waals surface area contributed by atoms with Crippen molar-refractivity contribution >= 4 is 27.3 Å². The predicted octanol–water partition coefficient (Wildman–Crippen LogP) is 3.38. The first kappa shape index (κ1) is 9.97. The van der Waals surface area contributed by atoms with Crippen LogP contribution in [0.15, 0.2) is 12.1 Å². The van der Waals surface area contributed by atoms with Crippen molar-refractivity contribution in [2.75, 3.05) is 0 Å². The van der Waals surface area contributed by atoms with Crippen LogP contribution in [0.3, 0.4) is 0 Å². The maximum atomic E-state index is 11.3. The number of hydrogen-bond donors (Lipinski definition) is 0. The van der Waals surface area contributed by atoms with Crippen LogP contribution in [0.2, 0.25) is 0 Å². The number of hydrogen-bond acceptors (Lipinski definition) is 3. The number of Topliss-reactive ketones (excluding diaryl/α,β-unsaturated/α-hetero) is 1. The topological polar surface area (TPSA) is 30.0 Å². The number of thiophene rings is 1. The molecular formula is C13H13NOS. The van der Waals surface area contributed by atoms with E-state index in [0.717, 1.165) is 27.9 Å². The molecule has 1 aliphatic carbocycles. The molecule has 2 aromatic heterocycles. The highest BCUT2D eigenvalue weighted by atomic mass is 32.1. The highest BCUT2D eigenvalue weighted by Gasteiger charge is 2.14. The molecule has 0 aliphatic heterocycles. The van der Waals surface area contributed by atoms with Crippen LogP contribution < -0.4 is 0 Å². The Labute approximate surface area is 98.3 Å². The van der Waals surface area contributed by atoms with Gasteiger partial charge in [-0.05, 0) is 50.3 Å². The molecule has 2 nitrogen and oxygen atoms in total. The van der Waals surface area contributed by atoms with Gasteiger partial charge >= 0.3 is 0 Å². The molecule has 16 heavy (non-hydrogen) atoms. The molecule has 0 aromatic carbocycles. The van der Waals surface area contributed by atoms with Crippen LogP contribution in [0, 0.1) is 0 Å². The minimum Gasteiger partial charge on any atom is -0.294 e. The second-order valence-electron chi connectivity index (χ2n) is 4.36. The smallest absolute Gasteiger partial charge is 0.169 e. The van der Waals surface area contributed by atoms with Crippen molar-refractivity contribution in [3.8, 4) is 0 Å². The Morgan fingerprint density at radius 3 is 2.94 bits per heavy atom. The maximum Gasteiger partial charge on any atom is 0.169 e. The monoisotopic (exact) mass is 231 g/mol. The third kappa shape index (κ3) is 1.55. The van der Waals surface area contributed by atoms with Crippen molar-refractivity contribution < 1.29 is 4.79 Å². The fourth-order valence-electron chi connectivity index (χ4n) is 2.27. The van der Waals surface area contributed by atoms with Gasteiger partial charge < -0.3 is 0 Å². The highest BCUT2D eigenvalue weighted by molar-refractivity contribution is 7.20. The molecule has 3 heteroatoms. The van der Waals surface area contributed by atoms with Gasteiger partial charge in [0, 0.05) is 11.1 Å². The minimum atomic E-state index is 0.140. The van der Waals surface area contributed by atoms with Crippen LogP contribution in [-0.2, 0) is 12.8 Å². The molecule has 2 heterocycles. The van der Waals surface area contributed by atoms with Crippen LogP contribution >= 0.6 is 11.3 Å². The first-order valence-electron chi connectivity index (χ1n) is 5.67. The normalized spacial score (nSPS) is 15.1. The van der Waals surface area contributed by atoms with Gasteiger partial charge in [0.25, 0.3) is 0 Å². The van der Waals surface area contributed by atoms with Gasteiger partial charge in [0.2, 0.25) is 0 Å². The third-order valence-corrected chi connectivity index (χ3v) is 4.28. The van der Waals surface area contributed by atoms with Crippen molar-refractivity contribution in [1.82, 2.24) is 4.98 Å². The Bertz CT molecular complexity index is 528. The van der Waals surface area contributed by atoms with Crippen LogP contribution in [0.25, 0.3) is 10.2 Å². The molecule has 0 atom stereocenters. The largest absolute Gasteiger partial charge is 0.294 e. The zero-order valence-electron chi connectivity index (χ0n) is 9.25. The summed E-state index contributed by atoms with van der Waals surface area (Å²) in [5.41, 5.74) is 2.63. The molecule has 0 saturated carbocycles. The van der Waals surface area contributed by atoms with Gasteiger partial charge in [0.05, 0.1) is 4.88 Å². The molecule has 2 aromatic rings. The SMILES string of the molecule is CC(=O)c1cc2cc3c(nc2s1)CCCC3. The van der Waals surface area contributed by atoms with Crippen LogP contribution in [0.4, 0.5) is 0 Å². The Morgan fingerprint density at radius 1 is 1.31 bits per heavy atom. The van der Waals surface area contributed by atoms with E-state index in [0.29, 0.717) is 0 Å². The Balaban J connectivity index is 2.20. The number of aromatic nitrogens is 1. The average Bonchev–Trinajstić information content (AvgIpc) is 2.68. The van der Waals surface area contributed by atoms with Crippen LogP contribution in [0.1, 0.15) is 40.7 Å². The van der Waals surface area contributed by atoms with Gasteiger partial charge in [0.1, 0.15) is 4.83 Å². The van der Waals surface area contributed by atoms with Crippen molar-refractivity contribution in [2.24, 2.45) is 0 Å². The first-order chi connectivity index (χ1) is 7.74. The molecule has 3 rings (SSSR count). The molecular weight excluding hydrogens is 218 g/mol. The summed E-state index contributed by atoms with van der Waals surface area (Å²) in [6.45, 7) is 1.62. The molecule has 0 saturated heterocycles. The molecule has 82 valence electrons. The number of carbonyl (C=O) groups is 1. The minimum absolute atomic E-state index is 0.140. The van der Waals surface area contributed by atoms with Gasteiger partial charge in [-0.3, -0.25) is 4.79 Å². The molecule has 0 bridgehead atoms. The third-order valence-electron chi connectivity index (χ3n) is 3.13. The van der Waals surface area contributed by atoms with Crippen LogP contribution in [-0.4, -0.2) is 10.8 Å². The van der Waals surface area contributed by atoms with E-state index in [2.05, 4.69) is 11.1 Å².